The van der Waals surface area contributed by atoms with Crippen LogP contribution in [0, 0.1) is 11.8 Å². The van der Waals surface area contributed by atoms with Gasteiger partial charge in [-0.3, -0.25) is 4.79 Å². The minimum Gasteiger partial charge on any atom is -0.481 e. The smallest absolute Gasteiger partial charge is 0.315 e. The van der Waals surface area contributed by atoms with Crippen molar-refractivity contribution in [2.24, 2.45) is 11.8 Å². The van der Waals surface area contributed by atoms with Crippen LogP contribution in [0.1, 0.15) is 47.5 Å². The zero-order chi connectivity index (χ0) is 14.3. The summed E-state index contributed by atoms with van der Waals surface area (Å²) in [4.78, 5) is 22.7. The Hall–Kier alpha value is -1.26. The summed E-state index contributed by atoms with van der Waals surface area (Å²) in [7, 11) is 0. The van der Waals surface area contributed by atoms with Gasteiger partial charge < -0.3 is 15.7 Å². The highest BCUT2D eigenvalue weighted by atomic mass is 16.4. The summed E-state index contributed by atoms with van der Waals surface area (Å²) in [6.07, 6.45) is 1.67. The molecular weight excluding hydrogens is 232 g/mol. The number of hydrogen-bond donors (Lipinski definition) is 3. The molecule has 0 saturated heterocycles. The monoisotopic (exact) mass is 258 g/mol. The van der Waals surface area contributed by atoms with Gasteiger partial charge in [-0.05, 0) is 25.7 Å². The van der Waals surface area contributed by atoms with E-state index in [9.17, 15) is 9.59 Å². The Balaban J connectivity index is 4.29. The Morgan fingerprint density at radius 1 is 1.22 bits per heavy atom. The number of hydrogen-bond acceptors (Lipinski definition) is 2. The van der Waals surface area contributed by atoms with Gasteiger partial charge in [-0.2, -0.15) is 0 Å². The van der Waals surface area contributed by atoms with Gasteiger partial charge in [0, 0.05) is 12.1 Å². The van der Waals surface area contributed by atoms with Crippen molar-refractivity contribution in [2.75, 3.05) is 6.54 Å². The van der Waals surface area contributed by atoms with E-state index in [0.717, 1.165) is 12.8 Å². The van der Waals surface area contributed by atoms with Crippen molar-refractivity contribution in [2.45, 2.75) is 53.0 Å². The van der Waals surface area contributed by atoms with Gasteiger partial charge in [0.15, 0.2) is 0 Å². The summed E-state index contributed by atoms with van der Waals surface area (Å²) in [5, 5.41) is 14.5. The van der Waals surface area contributed by atoms with Crippen molar-refractivity contribution in [1.82, 2.24) is 10.6 Å². The van der Waals surface area contributed by atoms with E-state index < -0.39 is 11.9 Å². The van der Waals surface area contributed by atoms with Crippen molar-refractivity contribution < 1.29 is 14.7 Å². The third-order valence-corrected chi connectivity index (χ3v) is 3.58. The third-order valence-electron chi connectivity index (χ3n) is 3.58. The lowest BCUT2D eigenvalue weighted by Gasteiger charge is -2.28. The van der Waals surface area contributed by atoms with Gasteiger partial charge >= 0.3 is 12.0 Å². The van der Waals surface area contributed by atoms with E-state index in [1.807, 2.05) is 34.6 Å². The van der Waals surface area contributed by atoms with Crippen LogP contribution in [0.15, 0.2) is 0 Å². The Kier molecular flexibility index (Phi) is 6.73. The summed E-state index contributed by atoms with van der Waals surface area (Å²) >= 11 is 0. The molecule has 0 radical (unpaired) electrons. The first-order valence-corrected chi connectivity index (χ1v) is 6.54. The number of carbonyl (C=O) groups excluding carboxylic acids is 1. The van der Waals surface area contributed by atoms with E-state index in [4.69, 9.17) is 5.11 Å². The van der Waals surface area contributed by atoms with Gasteiger partial charge in [-0.25, -0.2) is 4.79 Å². The van der Waals surface area contributed by atoms with Crippen LogP contribution in [0.2, 0.25) is 0 Å². The SMILES string of the molecule is CCC(C)(CC)NC(=O)NCC(C(=O)O)C(C)C. The normalized spacial score (nSPS) is 13.2. The molecule has 0 fully saturated rings. The van der Waals surface area contributed by atoms with Crippen molar-refractivity contribution in [3.05, 3.63) is 0 Å². The number of aliphatic carboxylic acids is 1. The molecule has 0 aromatic heterocycles. The maximum Gasteiger partial charge on any atom is 0.315 e. The number of carboxylic acids is 1. The first-order chi connectivity index (χ1) is 8.25. The van der Waals surface area contributed by atoms with Crippen molar-refractivity contribution in [1.29, 1.82) is 0 Å². The standard InChI is InChI=1S/C13H26N2O3/c1-6-13(5,7-2)15-12(18)14-8-10(9(3)4)11(16)17/h9-10H,6-8H2,1-5H3,(H,16,17)(H2,14,15,18). The molecule has 0 spiro atoms. The molecule has 5 heteroatoms. The summed E-state index contributed by atoms with van der Waals surface area (Å²) in [5.41, 5.74) is -0.235. The quantitative estimate of drug-likeness (QED) is 0.655. The van der Waals surface area contributed by atoms with Gasteiger partial charge in [0.2, 0.25) is 0 Å². The molecule has 0 heterocycles. The first kappa shape index (κ1) is 16.7. The fourth-order valence-corrected chi connectivity index (χ4v) is 1.56. The largest absolute Gasteiger partial charge is 0.481 e. The zero-order valence-corrected chi connectivity index (χ0v) is 12.0. The lowest BCUT2D eigenvalue weighted by atomic mass is 9.95. The van der Waals surface area contributed by atoms with Crippen LogP contribution in [-0.4, -0.2) is 29.2 Å². The molecule has 0 aliphatic rings. The number of carboxylic acid groups (broad SMARTS) is 1. The number of urea groups is 1. The van der Waals surface area contributed by atoms with Crippen molar-refractivity contribution in [3.63, 3.8) is 0 Å². The van der Waals surface area contributed by atoms with Gasteiger partial charge in [0.05, 0.1) is 5.92 Å². The van der Waals surface area contributed by atoms with E-state index in [1.54, 1.807) is 0 Å². The van der Waals surface area contributed by atoms with Gasteiger partial charge in [0.25, 0.3) is 0 Å². The van der Waals surface area contributed by atoms with E-state index in [0.29, 0.717) is 0 Å². The van der Waals surface area contributed by atoms with Crippen LogP contribution in [0.5, 0.6) is 0 Å². The molecule has 5 nitrogen and oxygen atoms in total. The van der Waals surface area contributed by atoms with Crippen LogP contribution < -0.4 is 10.6 Å². The lowest BCUT2D eigenvalue weighted by Crippen LogP contribution is -2.51. The summed E-state index contributed by atoms with van der Waals surface area (Å²) in [5.74, 6) is -1.43. The van der Waals surface area contributed by atoms with Crippen LogP contribution in [0.4, 0.5) is 4.79 Å². The Morgan fingerprint density at radius 3 is 2.06 bits per heavy atom. The topological polar surface area (TPSA) is 78.4 Å². The molecule has 0 bridgehead atoms. The number of carbonyl (C=O) groups is 2. The summed E-state index contributed by atoms with van der Waals surface area (Å²) in [6.45, 7) is 9.82. The molecule has 0 aliphatic heterocycles. The first-order valence-electron chi connectivity index (χ1n) is 6.54. The predicted molar refractivity (Wildman–Crippen MR) is 71.5 cm³/mol. The number of nitrogens with one attached hydrogen (secondary N) is 2. The van der Waals surface area contributed by atoms with E-state index in [-0.39, 0.29) is 24.0 Å². The molecule has 0 aromatic rings. The second kappa shape index (κ2) is 7.24. The molecule has 0 saturated carbocycles. The van der Waals surface area contributed by atoms with Crippen LogP contribution >= 0.6 is 0 Å². The van der Waals surface area contributed by atoms with E-state index >= 15 is 0 Å². The predicted octanol–water partition coefficient (Wildman–Crippen LogP) is 2.22. The van der Waals surface area contributed by atoms with Crippen molar-refractivity contribution in [3.8, 4) is 0 Å². The lowest BCUT2D eigenvalue weighted by molar-refractivity contribution is -0.142. The van der Waals surface area contributed by atoms with E-state index in [1.165, 1.54) is 0 Å². The van der Waals surface area contributed by atoms with Gasteiger partial charge in [0.1, 0.15) is 0 Å². The zero-order valence-electron chi connectivity index (χ0n) is 12.0. The Morgan fingerprint density at radius 2 is 1.72 bits per heavy atom. The minimum atomic E-state index is -0.876. The molecule has 1 atom stereocenters. The molecule has 3 N–H and O–H groups in total. The minimum absolute atomic E-state index is 0.00784. The molecule has 2 amide bonds. The maximum atomic E-state index is 11.7. The second-order valence-electron chi connectivity index (χ2n) is 5.29. The second-order valence-corrected chi connectivity index (χ2v) is 5.29. The third kappa shape index (κ3) is 5.38. The van der Waals surface area contributed by atoms with Crippen LogP contribution in [0.3, 0.4) is 0 Å². The summed E-state index contributed by atoms with van der Waals surface area (Å²) < 4.78 is 0. The fourth-order valence-electron chi connectivity index (χ4n) is 1.56. The van der Waals surface area contributed by atoms with Crippen molar-refractivity contribution >= 4 is 12.0 Å². The molecule has 0 aliphatic carbocycles. The summed E-state index contributed by atoms with van der Waals surface area (Å²) in [6, 6.07) is -0.298. The molecule has 0 rings (SSSR count). The number of rotatable bonds is 7. The molecule has 0 aromatic carbocycles. The van der Waals surface area contributed by atoms with E-state index in [2.05, 4.69) is 10.6 Å². The number of amides is 2. The Labute approximate surface area is 109 Å². The Bertz CT molecular complexity index is 286. The molecule has 18 heavy (non-hydrogen) atoms. The molecule has 1 unspecified atom stereocenters. The highest BCUT2D eigenvalue weighted by Crippen LogP contribution is 2.13. The van der Waals surface area contributed by atoms with Gasteiger partial charge in [-0.1, -0.05) is 27.7 Å². The highest BCUT2D eigenvalue weighted by Gasteiger charge is 2.25. The molecule has 106 valence electrons. The highest BCUT2D eigenvalue weighted by molar-refractivity contribution is 5.76. The average Bonchev–Trinajstić information content (AvgIpc) is 2.28. The average molecular weight is 258 g/mol. The fraction of sp³-hybridized carbons (Fsp3) is 0.846. The molecular formula is C13H26N2O3. The van der Waals surface area contributed by atoms with Crippen LogP contribution in [0.25, 0.3) is 0 Å². The van der Waals surface area contributed by atoms with Crippen LogP contribution in [-0.2, 0) is 4.79 Å². The maximum absolute atomic E-state index is 11.7. The van der Waals surface area contributed by atoms with Gasteiger partial charge in [-0.15, -0.1) is 0 Å².